The largest absolute Gasteiger partial charge is 0.544 e. The maximum Gasteiger partial charge on any atom is 0.277 e. The summed E-state index contributed by atoms with van der Waals surface area (Å²) in [6.07, 6.45) is -0.0700. The van der Waals surface area contributed by atoms with Gasteiger partial charge in [0.2, 0.25) is 0 Å². The number of pyridine rings is 1. The molecule has 1 heterocycles. The van der Waals surface area contributed by atoms with Crippen LogP contribution in [0.15, 0.2) is 24.5 Å². The van der Waals surface area contributed by atoms with Crippen LogP contribution in [-0.2, 0) is 4.79 Å². The summed E-state index contributed by atoms with van der Waals surface area (Å²) in [5, 5.41) is 8.84. The number of aromatic nitrogens is 1. The number of nitrogens with two attached hydrogens (primary N) is 1. The molecule has 0 unspecified atom stereocenters. The van der Waals surface area contributed by atoms with Gasteiger partial charge >= 0.3 is 0 Å². The van der Waals surface area contributed by atoms with Crippen molar-refractivity contribution in [3.63, 3.8) is 0 Å². The molecule has 7 heteroatoms. The number of primary amides is 1. The number of carboxylic acid groups (broad SMARTS) is 1. The molecule has 0 spiro atoms. The highest BCUT2D eigenvalue weighted by molar-refractivity contribution is 5.92. The van der Waals surface area contributed by atoms with E-state index in [9.17, 15) is 13.6 Å². The fourth-order valence-corrected chi connectivity index (χ4v) is 0.547. The quantitative estimate of drug-likeness (QED) is 0.661. The minimum atomic E-state index is -3.34. The number of aliphatic carboxylic acids is 1. The van der Waals surface area contributed by atoms with Crippen molar-refractivity contribution in [2.45, 2.75) is 6.43 Å². The van der Waals surface area contributed by atoms with E-state index >= 15 is 0 Å². The second-order valence-electron chi connectivity index (χ2n) is 2.28. The summed E-state index contributed by atoms with van der Waals surface area (Å²) in [6.45, 7) is 0. The van der Waals surface area contributed by atoms with Crippen LogP contribution in [-0.4, -0.2) is 18.3 Å². The van der Waals surface area contributed by atoms with Gasteiger partial charge in [0.25, 0.3) is 12.3 Å². The number of carboxylic acids is 1. The molecular weight excluding hydrogens is 210 g/mol. The third kappa shape index (κ3) is 6.08. The van der Waals surface area contributed by atoms with E-state index in [1.807, 2.05) is 0 Å². The second-order valence-corrected chi connectivity index (χ2v) is 2.28. The first-order chi connectivity index (χ1) is 6.95. The van der Waals surface area contributed by atoms with Gasteiger partial charge in [0.05, 0.1) is 0 Å². The van der Waals surface area contributed by atoms with E-state index in [0.29, 0.717) is 5.56 Å². The van der Waals surface area contributed by atoms with Gasteiger partial charge in [0, 0.05) is 6.07 Å². The average molecular weight is 218 g/mol. The first-order valence-electron chi connectivity index (χ1n) is 3.70. The molecule has 0 saturated heterocycles. The smallest absolute Gasteiger partial charge is 0.277 e. The number of hydrogen-bond donors (Lipinski definition) is 1. The van der Waals surface area contributed by atoms with Gasteiger partial charge in [-0.2, -0.15) is 0 Å². The number of halogens is 2. The van der Waals surface area contributed by atoms with Gasteiger partial charge in [-0.15, -0.1) is 0 Å². The lowest BCUT2D eigenvalue weighted by Crippen LogP contribution is -2.29. The molecule has 0 aliphatic carbocycles. The Hall–Kier alpha value is -2.05. The number of nitrogens with one attached hydrogen (secondary N) is 1. The maximum atomic E-state index is 10.5. The lowest BCUT2D eigenvalue weighted by molar-refractivity contribution is -0.378. The van der Waals surface area contributed by atoms with Crippen LogP contribution in [0.25, 0.3) is 0 Å². The van der Waals surface area contributed by atoms with Crippen LogP contribution in [0.4, 0.5) is 8.78 Å². The number of carbonyl (C=O) groups excluding carboxylic acids is 2. The van der Waals surface area contributed by atoms with Crippen LogP contribution in [0.3, 0.4) is 0 Å². The molecular formula is C8H8F2N2O3. The standard InChI is InChI=1S/C6H6N2O.C2H2F2O2/c7-6(9)5-2-1-3-8-4-5;3-1(4)2(5)6/h1-4H,(H2,7,9);1H,(H,5,6). The summed E-state index contributed by atoms with van der Waals surface area (Å²) in [4.78, 5) is 22.0. The van der Waals surface area contributed by atoms with E-state index in [-0.39, 0.29) is 0 Å². The van der Waals surface area contributed by atoms with Gasteiger partial charge in [0.15, 0.2) is 12.4 Å². The van der Waals surface area contributed by atoms with Crippen molar-refractivity contribution < 1.29 is 28.5 Å². The Kier molecular flexibility index (Phi) is 5.53. The van der Waals surface area contributed by atoms with Crippen molar-refractivity contribution in [1.29, 1.82) is 0 Å². The molecule has 5 nitrogen and oxygen atoms in total. The molecule has 1 rings (SSSR count). The van der Waals surface area contributed by atoms with Crippen LogP contribution in [0.2, 0.25) is 0 Å². The molecule has 3 N–H and O–H groups in total. The van der Waals surface area contributed by atoms with Crippen molar-refractivity contribution >= 4 is 11.9 Å². The van der Waals surface area contributed by atoms with Gasteiger partial charge in [-0.05, 0) is 6.07 Å². The normalized spacial score (nSPS) is 9.00. The lowest BCUT2D eigenvalue weighted by atomic mass is 10.3. The Morgan fingerprint density at radius 3 is 2.20 bits per heavy atom. The second kappa shape index (κ2) is 6.41. The zero-order valence-electron chi connectivity index (χ0n) is 7.44. The molecule has 0 fully saturated rings. The van der Waals surface area contributed by atoms with Crippen molar-refractivity contribution in [3.8, 4) is 0 Å². The zero-order chi connectivity index (χ0) is 11.8. The average Bonchev–Trinajstić information content (AvgIpc) is 2.20. The number of hydrogen-bond acceptors (Lipinski definition) is 3. The minimum Gasteiger partial charge on any atom is -0.544 e. The predicted octanol–water partition coefficient (Wildman–Crippen LogP) is -1.40. The highest BCUT2D eigenvalue weighted by Crippen LogP contribution is 1.88. The predicted molar refractivity (Wildman–Crippen MR) is 42.5 cm³/mol. The number of rotatable bonds is 2. The molecule has 15 heavy (non-hydrogen) atoms. The molecule has 0 bridgehead atoms. The molecule has 1 amide bonds. The SMILES string of the molecule is NC(=O)c1ccc[nH+]c1.O=C([O-])C(F)F. The van der Waals surface area contributed by atoms with E-state index in [4.69, 9.17) is 15.6 Å². The summed E-state index contributed by atoms with van der Waals surface area (Å²) in [5.74, 6) is -2.73. The number of H-pyrrole nitrogens is 1. The third-order valence-electron chi connectivity index (χ3n) is 1.17. The van der Waals surface area contributed by atoms with Crippen LogP contribution in [0, 0.1) is 0 Å². The van der Waals surface area contributed by atoms with E-state index in [0.717, 1.165) is 0 Å². The first kappa shape index (κ1) is 12.9. The number of amides is 1. The Morgan fingerprint density at radius 1 is 1.47 bits per heavy atom. The molecule has 0 radical (unpaired) electrons. The zero-order valence-corrected chi connectivity index (χ0v) is 7.44. The first-order valence-corrected chi connectivity index (χ1v) is 3.70. The molecule has 0 aliphatic rings. The lowest BCUT2D eigenvalue weighted by Gasteiger charge is -1.93. The van der Waals surface area contributed by atoms with E-state index < -0.39 is 18.3 Å². The van der Waals surface area contributed by atoms with Gasteiger partial charge in [-0.3, -0.25) is 4.79 Å². The fraction of sp³-hybridized carbons (Fsp3) is 0.125. The summed E-state index contributed by atoms with van der Waals surface area (Å²) in [5.41, 5.74) is 5.45. The topological polar surface area (TPSA) is 97.4 Å². The van der Waals surface area contributed by atoms with Crippen molar-refractivity contribution in [2.24, 2.45) is 5.73 Å². The molecule has 82 valence electrons. The highest BCUT2D eigenvalue weighted by Gasteiger charge is 1.99. The molecule has 0 aromatic carbocycles. The number of carbonyl (C=O) groups is 2. The van der Waals surface area contributed by atoms with Gasteiger partial charge in [0.1, 0.15) is 11.5 Å². The Balaban J connectivity index is 0.000000288. The highest BCUT2D eigenvalue weighted by atomic mass is 19.3. The molecule has 1 aromatic heterocycles. The summed E-state index contributed by atoms with van der Waals surface area (Å²) >= 11 is 0. The minimum absolute atomic E-state index is 0.410. The van der Waals surface area contributed by atoms with Crippen LogP contribution in [0.1, 0.15) is 10.4 Å². The van der Waals surface area contributed by atoms with E-state index in [2.05, 4.69) is 4.98 Å². The number of alkyl halides is 2. The monoisotopic (exact) mass is 218 g/mol. The fourth-order valence-electron chi connectivity index (χ4n) is 0.547. The van der Waals surface area contributed by atoms with Crippen LogP contribution in [0.5, 0.6) is 0 Å². The molecule has 1 aromatic rings. The van der Waals surface area contributed by atoms with E-state index in [1.54, 1.807) is 24.5 Å². The van der Waals surface area contributed by atoms with E-state index in [1.165, 1.54) is 0 Å². The van der Waals surface area contributed by atoms with Gasteiger partial charge < -0.3 is 15.6 Å². The van der Waals surface area contributed by atoms with Crippen LogP contribution >= 0.6 is 0 Å². The third-order valence-corrected chi connectivity index (χ3v) is 1.17. The van der Waals surface area contributed by atoms with Crippen molar-refractivity contribution in [1.82, 2.24) is 0 Å². The van der Waals surface area contributed by atoms with Gasteiger partial charge in [-0.1, -0.05) is 0 Å². The van der Waals surface area contributed by atoms with Gasteiger partial charge in [-0.25, -0.2) is 13.8 Å². The summed E-state index contributed by atoms with van der Waals surface area (Å²) in [6, 6.07) is 3.37. The molecule has 0 atom stereocenters. The summed E-state index contributed by atoms with van der Waals surface area (Å²) < 4.78 is 21.0. The molecule has 0 aliphatic heterocycles. The Labute approximate surface area is 83.5 Å². The van der Waals surface area contributed by atoms with Crippen molar-refractivity contribution in [2.75, 3.05) is 0 Å². The van der Waals surface area contributed by atoms with Crippen LogP contribution < -0.4 is 15.8 Å². The summed E-state index contributed by atoms with van der Waals surface area (Å²) in [7, 11) is 0. The van der Waals surface area contributed by atoms with Crippen molar-refractivity contribution in [3.05, 3.63) is 30.1 Å². The molecule has 0 saturated carbocycles. The Morgan fingerprint density at radius 2 is 2.00 bits per heavy atom. The maximum absolute atomic E-state index is 10.5. The Bertz CT molecular complexity index is 330. The number of aromatic amines is 1.